The van der Waals surface area contributed by atoms with E-state index in [2.05, 4.69) is 0 Å². The molecule has 2 unspecified atom stereocenters. The van der Waals surface area contributed by atoms with Gasteiger partial charge in [-0.15, -0.1) is 0 Å². The summed E-state index contributed by atoms with van der Waals surface area (Å²) in [6.45, 7) is 10.2. The molecule has 1 saturated heterocycles. The van der Waals surface area contributed by atoms with Crippen molar-refractivity contribution >= 4 is 6.09 Å². The number of carbonyl (C=O) groups is 1. The van der Waals surface area contributed by atoms with Crippen LogP contribution in [0, 0.1) is 0 Å². The van der Waals surface area contributed by atoms with Crippen molar-refractivity contribution in [3.8, 4) is 0 Å². The molecule has 1 amide bonds. The molecule has 0 aromatic heterocycles. The van der Waals surface area contributed by atoms with Gasteiger partial charge in [0.1, 0.15) is 11.8 Å². The third kappa shape index (κ3) is 3.37. The third-order valence-electron chi connectivity index (χ3n) is 2.58. The maximum Gasteiger partial charge on any atom is 0.412 e. The molecule has 0 N–H and O–H groups in total. The number of likely N-dealkylation sites (tertiary alicyclic amines) is 1. The van der Waals surface area contributed by atoms with Gasteiger partial charge in [-0.2, -0.15) is 0 Å². The summed E-state index contributed by atoms with van der Waals surface area (Å²) < 4.78 is 10.9. The van der Waals surface area contributed by atoms with E-state index in [1.807, 2.05) is 34.6 Å². The maximum absolute atomic E-state index is 12.0. The predicted octanol–water partition coefficient (Wildman–Crippen LogP) is 2.77. The number of rotatable bonds is 2. The summed E-state index contributed by atoms with van der Waals surface area (Å²) in [4.78, 5) is 13.7. The zero-order chi connectivity index (χ0) is 12.3. The second kappa shape index (κ2) is 5.04. The van der Waals surface area contributed by atoms with Gasteiger partial charge in [0.25, 0.3) is 0 Å². The molecule has 4 nitrogen and oxygen atoms in total. The van der Waals surface area contributed by atoms with Crippen LogP contribution in [0.5, 0.6) is 0 Å². The SMILES string of the molecule is CCOC1CCC(C)N1C(=O)OC(C)(C)C. The Morgan fingerprint density at radius 3 is 2.50 bits per heavy atom. The van der Waals surface area contributed by atoms with E-state index < -0.39 is 5.60 Å². The first-order valence-corrected chi connectivity index (χ1v) is 5.98. The Labute approximate surface area is 97.9 Å². The average molecular weight is 229 g/mol. The van der Waals surface area contributed by atoms with E-state index in [9.17, 15) is 4.79 Å². The fraction of sp³-hybridized carbons (Fsp3) is 0.917. The molecule has 1 aliphatic heterocycles. The first kappa shape index (κ1) is 13.3. The molecule has 0 aliphatic carbocycles. The van der Waals surface area contributed by atoms with Gasteiger partial charge >= 0.3 is 6.09 Å². The molecule has 2 atom stereocenters. The van der Waals surface area contributed by atoms with Crippen LogP contribution in [0.4, 0.5) is 4.79 Å². The van der Waals surface area contributed by atoms with Gasteiger partial charge in [0.15, 0.2) is 0 Å². The van der Waals surface area contributed by atoms with Crippen LogP contribution >= 0.6 is 0 Å². The van der Waals surface area contributed by atoms with Crippen molar-refractivity contribution in [3.63, 3.8) is 0 Å². The van der Waals surface area contributed by atoms with Crippen LogP contribution in [-0.2, 0) is 9.47 Å². The van der Waals surface area contributed by atoms with Gasteiger partial charge < -0.3 is 9.47 Å². The van der Waals surface area contributed by atoms with Crippen LogP contribution in [0.25, 0.3) is 0 Å². The molecule has 1 rings (SSSR count). The molecule has 0 radical (unpaired) electrons. The summed E-state index contributed by atoms with van der Waals surface area (Å²) in [6, 6.07) is 0.200. The number of carbonyl (C=O) groups excluding carboxylic acids is 1. The Hall–Kier alpha value is -0.770. The molecule has 0 bridgehead atoms. The van der Waals surface area contributed by atoms with Gasteiger partial charge in [0, 0.05) is 12.6 Å². The van der Waals surface area contributed by atoms with E-state index >= 15 is 0 Å². The molecule has 0 aromatic rings. The standard InChI is InChI=1S/C12H23NO3/c1-6-15-10-8-7-9(2)13(10)11(14)16-12(3,4)5/h9-10H,6-8H2,1-5H3. The summed E-state index contributed by atoms with van der Waals surface area (Å²) in [7, 11) is 0. The maximum atomic E-state index is 12.0. The molecule has 0 saturated carbocycles. The molecule has 4 heteroatoms. The zero-order valence-electron chi connectivity index (χ0n) is 10.9. The van der Waals surface area contributed by atoms with E-state index in [1.54, 1.807) is 4.90 Å². The lowest BCUT2D eigenvalue weighted by Crippen LogP contribution is -2.44. The van der Waals surface area contributed by atoms with E-state index in [-0.39, 0.29) is 18.4 Å². The molecule has 1 fully saturated rings. The van der Waals surface area contributed by atoms with Gasteiger partial charge in [0.2, 0.25) is 0 Å². The van der Waals surface area contributed by atoms with Gasteiger partial charge in [-0.05, 0) is 47.5 Å². The summed E-state index contributed by atoms with van der Waals surface area (Å²) >= 11 is 0. The van der Waals surface area contributed by atoms with E-state index in [0.717, 1.165) is 12.8 Å². The fourth-order valence-corrected chi connectivity index (χ4v) is 1.91. The van der Waals surface area contributed by atoms with Crippen LogP contribution in [0.15, 0.2) is 0 Å². The summed E-state index contributed by atoms with van der Waals surface area (Å²) in [6.07, 6.45) is 1.49. The third-order valence-corrected chi connectivity index (χ3v) is 2.58. The molecule has 94 valence electrons. The Morgan fingerprint density at radius 1 is 1.38 bits per heavy atom. The highest BCUT2D eigenvalue weighted by Gasteiger charge is 2.37. The summed E-state index contributed by atoms with van der Waals surface area (Å²) in [5.74, 6) is 0. The largest absolute Gasteiger partial charge is 0.444 e. The highest BCUT2D eigenvalue weighted by atomic mass is 16.6. The monoisotopic (exact) mass is 229 g/mol. The lowest BCUT2D eigenvalue weighted by atomic mass is 10.2. The Balaban J connectivity index is 2.64. The number of amides is 1. The first-order chi connectivity index (χ1) is 7.35. The minimum Gasteiger partial charge on any atom is -0.444 e. The average Bonchev–Trinajstić information content (AvgIpc) is 2.44. The molecule has 1 heterocycles. The number of nitrogens with zero attached hydrogens (tertiary/aromatic N) is 1. The molecule has 1 aliphatic rings. The lowest BCUT2D eigenvalue weighted by molar-refractivity contribution is -0.0536. The van der Waals surface area contributed by atoms with Crippen molar-refractivity contribution in [3.05, 3.63) is 0 Å². The highest BCUT2D eigenvalue weighted by molar-refractivity contribution is 5.69. The van der Waals surface area contributed by atoms with E-state index in [1.165, 1.54) is 0 Å². The van der Waals surface area contributed by atoms with Crippen LogP contribution in [0.3, 0.4) is 0 Å². The fourth-order valence-electron chi connectivity index (χ4n) is 1.91. The van der Waals surface area contributed by atoms with Crippen molar-refractivity contribution in [2.45, 2.75) is 65.3 Å². The Bertz CT molecular complexity index is 245. The van der Waals surface area contributed by atoms with Crippen LogP contribution in [0.2, 0.25) is 0 Å². The topological polar surface area (TPSA) is 38.8 Å². The van der Waals surface area contributed by atoms with Gasteiger partial charge in [-0.3, -0.25) is 4.90 Å². The van der Waals surface area contributed by atoms with Crippen molar-refractivity contribution in [1.29, 1.82) is 0 Å². The first-order valence-electron chi connectivity index (χ1n) is 5.98. The van der Waals surface area contributed by atoms with Crippen molar-refractivity contribution in [1.82, 2.24) is 4.90 Å². The van der Waals surface area contributed by atoms with Crippen molar-refractivity contribution in [2.24, 2.45) is 0 Å². The van der Waals surface area contributed by atoms with Crippen molar-refractivity contribution in [2.75, 3.05) is 6.61 Å². The minimum atomic E-state index is -0.448. The van der Waals surface area contributed by atoms with Crippen LogP contribution < -0.4 is 0 Å². The zero-order valence-corrected chi connectivity index (χ0v) is 10.9. The Kier molecular flexibility index (Phi) is 4.19. The van der Waals surface area contributed by atoms with Gasteiger partial charge in [-0.25, -0.2) is 4.79 Å². The van der Waals surface area contributed by atoms with Crippen LogP contribution in [0.1, 0.15) is 47.5 Å². The smallest absolute Gasteiger partial charge is 0.412 e. The van der Waals surface area contributed by atoms with Crippen LogP contribution in [-0.4, -0.2) is 35.5 Å². The van der Waals surface area contributed by atoms with Crippen molar-refractivity contribution < 1.29 is 14.3 Å². The van der Waals surface area contributed by atoms with E-state index in [4.69, 9.17) is 9.47 Å². The quantitative estimate of drug-likeness (QED) is 0.731. The molecular formula is C12H23NO3. The minimum absolute atomic E-state index is 0.116. The second-order valence-electron chi connectivity index (χ2n) is 5.22. The van der Waals surface area contributed by atoms with Gasteiger partial charge in [-0.1, -0.05) is 0 Å². The Morgan fingerprint density at radius 2 is 2.00 bits per heavy atom. The number of hydrogen-bond acceptors (Lipinski definition) is 3. The summed E-state index contributed by atoms with van der Waals surface area (Å²) in [5.41, 5.74) is -0.448. The second-order valence-corrected chi connectivity index (χ2v) is 5.22. The van der Waals surface area contributed by atoms with E-state index in [0.29, 0.717) is 6.61 Å². The predicted molar refractivity (Wildman–Crippen MR) is 62.2 cm³/mol. The normalized spacial score (nSPS) is 25.9. The molecule has 0 aromatic carbocycles. The summed E-state index contributed by atoms with van der Waals surface area (Å²) in [5, 5.41) is 0. The number of ether oxygens (including phenoxy) is 2. The number of hydrogen-bond donors (Lipinski definition) is 0. The highest BCUT2D eigenvalue weighted by Crippen LogP contribution is 2.26. The molecule has 0 spiro atoms. The molecule has 16 heavy (non-hydrogen) atoms. The lowest BCUT2D eigenvalue weighted by Gasteiger charge is -2.30. The van der Waals surface area contributed by atoms with Gasteiger partial charge in [0.05, 0.1) is 0 Å². The molecular weight excluding hydrogens is 206 g/mol.